The van der Waals surface area contributed by atoms with Gasteiger partial charge in [-0.3, -0.25) is 9.59 Å². The number of carbonyl (C=O) groups excluding carboxylic acids is 2. The number of likely N-dealkylation sites (N-methyl/N-ethyl adjacent to an activating group) is 1. The smallest absolute Gasteiger partial charge is 0.261 e. The van der Waals surface area contributed by atoms with Crippen molar-refractivity contribution in [3.63, 3.8) is 0 Å². The zero-order valence-corrected chi connectivity index (χ0v) is 18.4. The van der Waals surface area contributed by atoms with Gasteiger partial charge in [-0.25, -0.2) is 0 Å². The lowest BCUT2D eigenvalue weighted by molar-refractivity contribution is -0.142. The van der Waals surface area contributed by atoms with Crippen molar-refractivity contribution in [2.24, 2.45) is 0 Å². The van der Waals surface area contributed by atoms with Crippen molar-refractivity contribution in [2.45, 2.75) is 40.3 Å². The van der Waals surface area contributed by atoms with Crippen LogP contribution in [0.25, 0.3) is 0 Å². The summed E-state index contributed by atoms with van der Waals surface area (Å²) in [7, 11) is 0. The van der Waals surface area contributed by atoms with Crippen LogP contribution in [-0.2, 0) is 16.1 Å². The summed E-state index contributed by atoms with van der Waals surface area (Å²) in [6.07, 6.45) is 0. The topological polar surface area (TPSA) is 58.6 Å². The maximum atomic E-state index is 12.9. The number of hydrogen-bond acceptors (Lipinski definition) is 3. The Kier molecular flexibility index (Phi) is 8.05. The molecule has 5 nitrogen and oxygen atoms in total. The highest BCUT2D eigenvalue weighted by Gasteiger charge is 2.26. The quantitative estimate of drug-likeness (QED) is 0.666. The Balaban J connectivity index is 2.16. The first-order chi connectivity index (χ1) is 13.3. The first-order valence-corrected chi connectivity index (χ1v) is 10.1. The summed E-state index contributed by atoms with van der Waals surface area (Å²) in [6, 6.07) is 13.0. The maximum absolute atomic E-state index is 12.9. The molecule has 28 heavy (non-hydrogen) atoms. The molecule has 2 rings (SSSR count). The van der Waals surface area contributed by atoms with E-state index in [0.717, 1.165) is 21.2 Å². The van der Waals surface area contributed by atoms with Gasteiger partial charge in [-0.2, -0.15) is 0 Å². The number of benzene rings is 2. The summed E-state index contributed by atoms with van der Waals surface area (Å²) < 4.78 is 6.74. The minimum atomic E-state index is -0.599. The van der Waals surface area contributed by atoms with E-state index in [1.165, 1.54) is 0 Å². The van der Waals surface area contributed by atoms with E-state index in [2.05, 4.69) is 21.2 Å². The molecular weight excluding hydrogens is 420 g/mol. The highest BCUT2D eigenvalue weighted by molar-refractivity contribution is 9.10. The summed E-state index contributed by atoms with van der Waals surface area (Å²) >= 11 is 3.41. The van der Waals surface area contributed by atoms with Crippen LogP contribution in [0, 0.1) is 13.8 Å². The van der Waals surface area contributed by atoms with Crippen LogP contribution in [-0.4, -0.2) is 35.9 Å². The van der Waals surface area contributed by atoms with Crippen molar-refractivity contribution >= 4 is 27.7 Å². The molecule has 0 aromatic heterocycles. The van der Waals surface area contributed by atoms with Gasteiger partial charge >= 0.3 is 0 Å². The highest BCUT2D eigenvalue weighted by Crippen LogP contribution is 2.20. The summed E-state index contributed by atoms with van der Waals surface area (Å²) in [5, 5.41) is 2.78. The summed E-state index contributed by atoms with van der Waals surface area (Å²) in [5.74, 6) is 0.268. The van der Waals surface area contributed by atoms with Crippen molar-refractivity contribution in [1.82, 2.24) is 10.2 Å². The fraction of sp³-hybridized carbons (Fsp3) is 0.364. The Morgan fingerprint density at radius 2 is 1.82 bits per heavy atom. The average Bonchev–Trinajstić information content (AvgIpc) is 2.67. The van der Waals surface area contributed by atoms with E-state index in [0.29, 0.717) is 18.8 Å². The van der Waals surface area contributed by atoms with Crippen molar-refractivity contribution in [3.05, 3.63) is 63.6 Å². The molecule has 0 radical (unpaired) electrons. The minimum Gasteiger partial charge on any atom is -0.483 e. The third kappa shape index (κ3) is 6.09. The van der Waals surface area contributed by atoms with Crippen LogP contribution in [0.2, 0.25) is 0 Å². The normalized spacial score (nSPS) is 11.6. The van der Waals surface area contributed by atoms with Gasteiger partial charge in [0.15, 0.2) is 6.61 Å². The second-order valence-electron chi connectivity index (χ2n) is 6.78. The molecule has 0 saturated heterocycles. The molecule has 0 heterocycles. The molecule has 0 bridgehead atoms. The minimum absolute atomic E-state index is 0.120. The number of nitrogens with one attached hydrogen (secondary N) is 1. The van der Waals surface area contributed by atoms with Crippen molar-refractivity contribution in [3.8, 4) is 5.75 Å². The van der Waals surface area contributed by atoms with Gasteiger partial charge in [0.2, 0.25) is 5.91 Å². The van der Waals surface area contributed by atoms with Crippen molar-refractivity contribution < 1.29 is 14.3 Å². The lowest BCUT2D eigenvalue weighted by Gasteiger charge is -2.28. The van der Waals surface area contributed by atoms with Crippen LogP contribution in [0.15, 0.2) is 46.9 Å². The number of halogens is 1. The van der Waals surface area contributed by atoms with E-state index in [1.807, 2.05) is 63.2 Å². The molecule has 2 aromatic rings. The number of rotatable bonds is 8. The molecule has 0 aliphatic rings. The Labute approximate surface area is 175 Å². The second kappa shape index (κ2) is 10.3. The predicted molar refractivity (Wildman–Crippen MR) is 114 cm³/mol. The molecule has 0 aliphatic heterocycles. The fourth-order valence-electron chi connectivity index (χ4n) is 2.78. The van der Waals surface area contributed by atoms with Crippen LogP contribution in [0.5, 0.6) is 5.75 Å². The van der Waals surface area contributed by atoms with Crippen LogP contribution in [0.3, 0.4) is 0 Å². The molecule has 0 aliphatic carbocycles. The molecule has 2 aromatic carbocycles. The van der Waals surface area contributed by atoms with E-state index in [1.54, 1.807) is 11.8 Å². The van der Waals surface area contributed by atoms with Crippen molar-refractivity contribution in [2.75, 3.05) is 13.2 Å². The molecule has 0 spiro atoms. The first kappa shape index (κ1) is 22.0. The number of amides is 2. The molecule has 6 heteroatoms. The van der Waals surface area contributed by atoms with Gasteiger partial charge in [-0.15, -0.1) is 0 Å². The zero-order chi connectivity index (χ0) is 20.7. The van der Waals surface area contributed by atoms with E-state index in [9.17, 15) is 9.59 Å². The lowest BCUT2D eigenvalue weighted by Crippen LogP contribution is -2.49. The summed E-state index contributed by atoms with van der Waals surface area (Å²) in [5.41, 5.74) is 2.98. The standard InChI is InChI=1S/C22H27BrN2O3/c1-5-24-22(27)17(4)25(13-18-8-10-19(23)11-9-18)21(26)14-28-20-12-15(2)6-7-16(20)3/h6-12,17H,5,13-14H2,1-4H3,(H,24,27). The number of aryl methyl sites for hydroxylation is 2. The van der Waals surface area contributed by atoms with E-state index in [4.69, 9.17) is 4.74 Å². The predicted octanol–water partition coefficient (Wildman–Crippen LogP) is 4.00. The molecule has 150 valence electrons. The van der Waals surface area contributed by atoms with Gasteiger partial charge < -0.3 is 15.0 Å². The summed E-state index contributed by atoms with van der Waals surface area (Å²) in [4.78, 5) is 26.9. The van der Waals surface area contributed by atoms with Gasteiger partial charge in [0.05, 0.1) is 0 Å². The van der Waals surface area contributed by atoms with Gasteiger partial charge in [0, 0.05) is 17.6 Å². The maximum Gasteiger partial charge on any atom is 0.261 e. The highest BCUT2D eigenvalue weighted by atomic mass is 79.9. The Morgan fingerprint density at radius 3 is 2.46 bits per heavy atom. The van der Waals surface area contributed by atoms with Crippen LogP contribution >= 0.6 is 15.9 Å². The number of nitrogens with zero attached hydrogens (tertiary/aromatic N) is 1. The monoisotopic (exact) mass is 446 g/mol. The molecular formula is C22H27BrN2O3. The van der Waals surface area contributed by atoms with Crippen LogP contribution in [0.1, 0.15) is 30.5 Å². The Bertz CT molecular complexity index is 821. The molecule has 0 fully saturated rings. The average molecular weight is 447 g/mol. The molecule has 1 unspecified atom stereocenters. The molecule has 0 saturated carbocycles. The largest absolute Gasteiger partial charge is 0.483 e. The second-order valence-corrected chi connectivity index (χ2v) is 7.69. The van der Waals surface area contributed by atoms with Gasteiger partial charge in [0.25, 0.3) is 5.91 Å². The number of carbonyl (C=O) groups is 2. The summed E-state index contributed by atoms with van der Waals surface area (Å²) in [6.45, 7) is 8.24. The third-order valence-electron chi connectivity index (χ3n) is 4.48. The zero-order valence-electron chi connectivity index (χ0n) is 16.8. The fourth-order valence-corrected chi connectivity index (χ4v) is 3.04. The van der Waals surface area contributed by atoms with E-state index < -0.39 is 6.04 Å². The third-order valence-corrected chi connectivity index (χ3v) is 5.01. The lowest BCUT2D eigenvalue weighted by atomic mass is 10.1. The molecule has 1 atom stereocenters. The Hall–Kier alpha value is -2.34. The molecule has 2 amide bonds. The SMILES string of the molecule is CCNC(=O)C(C)N(Cc1ccc(Br)cc1)C(=O)COc1cc(C)ccc1C. The van der Waals surface area contributed by atoms with Crippen LogP contribution < -0.4 is 10.1 Å². The Morgan fingerprint density at radius 1 is 1.14 bits per heavy atom. The van der Waals surface area contributed by atoms with Crippen molar-refractivity contribution in [1.29, 1.82) is 0 Å². The number of ether oxygens (including phenoxy) is 1. The van der Waals surface area contributed by atoms with Crippen LogP contribution in [0.4, 0.5) is 0 Å². The van der Waals surface area contributed by atoms with Gasteiger partial charge in [-0.1, -0.05) is 40.2 Å². The number of hydrogen-bond donors (Lipinski definition) is 1. The van der Waals surface area contributed by atoms with E-state index in [-0.39, 0.29) is 18.4 Å². The first-order valence-electron chi connectivity index (χ1n) is 9.33. The molecule has 1 N–H and O–H groups in total. The van der Waals surface area contributed by atoms with E-state index >= 15 is 0 Å². The van der Waals surface area contributed by atoms with Gasteiger partial charge in [-0.05, 0) is 62.6 Å². The van der Waals surface area contributed by atoms with Gasteiger partial charge in [0.1, 0.15) is 11.8 Å².